The fourth-order valence-electron chi connectivity index (χ4n) is 2.01. The number of aromatic carboxylic acids is 1. The molecule has 3 aromatic rings. The van der Waals surface area contributed by atoms with Crippen molar-refractivity contribution in [3.8, 4) is 5.69 Å². The van der Waals surface area contributed by atoms with Gasteiger partial charge < -0.3 is 5.11 Å². The quantitative estimate of drug-likeness (QED) is 0.746. The molecular weight excluding hydrogens is 228 g/mol. The van der Waals surface area contributed by atoms with E-state index in [1.165, 1.54) is 0 Å². The van der Waals surface area contributed by atoms with Crippen LogP contribution in [0.5, 0.6) is 0 Å². The summed E-state index contributed by atoms with van der Waals surface area (Å²) in [6, 6.07) is 14.8. The zero-order valence-corrected chi connectivity index (χ0v) is 9.45. The molecule has 0 aliphatic heterocycles. The molecule has 0 bridgehead atoms. The zero-order valence-electron chi connectivity index (χ0n) is 9.45. The maximum atomic E-state index is 11.1. The van der Waals surface area contributed by atoms with Crippen molar-refractivity contribution in [2.75, 3.05) is 0 Å². The van der Waals surface area contributed by atoms with E-state index in [9.17, 15) is 4.79 Å². The molecule has 1 aromatic heterocycles. The van der Waals surface area contributed by atoms with Crippen LogP contribution in [0.1, 0.15) is 10.4 Å². The van der Waals surface area contributed by atoms with E-state index in [1.54, 1.807) is 23.0 Å². The van der Waals surface area contributed by atoms with Gasteiger partial charge in [-0.1, -0.05) is 24.3 Å². The molecule has 0 saturated heterocycles. The summed E-state index contributed by atoms with van der Waals surface area (Å²) in [5, 5.41) is 14.0. The van der Waals surface area contributed by atoms with Crippen LogP contribution < -0.4 is 0 Å². The molecule has 0 atom stereocenters. The molecule has 0 radical (unpaired) electrons. The Bertz CT molecular complexity index is 717. The molecule has 88 valence electrons. The first kappa shape index (κ1) is 10.5. The minimum Gasteiger partial charge on any atom is -0.478 e. The summed E-state index contributed by atoms with van der Waals surface area (Å²) in [6.45, 7) is 0. The zero-order chi connectivity index (χ0) is 12.5. The molecule has 4 heteroatoms. The Morgan fingerprint density at radius 1 is 1.06 bits per heavy atom. The van der Waals surface area contributed by atoms with E-state index >= 15 is 0 Å². The number of para-hydroxylation sites is 1. The number of rotatable bonds is 2. The Balaban J connectivity index is 2.28. The van der Waals surface area contributed by atoms with Gasteiger partial charge >= 0.3 is 5.97 Å². The third kappa shape index (κ3) is 1.55. The standard InChI is InChI=1S/C14H10N2O2/c17-14(18)11-7-4-8-13-12(11)9-15-16(13)10-5-2-1-3-6-10/h1-9H,(H,17,18). The van der Waals surface area contributed by atoms with Gasteiger partial charge in [0.2, 0.25) is 0 Å². The number of carboxylic acid groups (broad SMARTS) is 1. The van der Waals surface area contributed by atoms with Crippen LogP contribution in [0.2, 0.25) is 0 Å². The molecule has 0 amide bonds. The second-order valence-corrected chi connectivity index (χ2v) is 3.94. The van der Waals surface area contributed by atoms with Gasteiger partial charge in [-0.15, -0.1) is 0 Å². The summed E-state index contributed by atoms with van der Waals surface area (Å²) < 4.78 is 1.74. The van der Waals surface area contributed by atoms with Crippen molar-refractivity contribution < 1.29 is 9.90 Å². The Morgan fingerprint density at radius 3 is 2.56 bits per heavy atom. The molecule has 0 fully saturated rings. The number of aromatic nitrogens is 2. The fourth-order valence-corrected chi connectivity index (χ4v) is 2.01. The van der Waals surface area contributed by atoms with Crippen LogP contribution in [0.15, 0.2) is 54.7 Å². The molecule has 4 nitrogen and oxygen atoms in total. The van der Waals surface area contributed by atoms with E-state index in [2.05, 4.69) is 5.10 Å². The number of benzene rings is 2. The van der Waals surface area contributed by atoms with Crippen molar-refractivity contribution in [2.45, 2.75) is 0 Å². The molecule has 3 rings (SSSR count). The highest BCUT2D eigenvalue weighted by Gasteiger charge is 2.12. The third-order valence-electron chi connectivity index (χ3n) is 2.84. The van der Waals surface area contributed by atoms with Crippen LogP contribution in [0.25, 0.3) is 16.6 Å². The molecule has 2 aromatic carbocycles. The summed E-state index contributed by atoms with van der Waals surface area (Å²) in [5.41, 5.74) is 1.98. The van der Waals surface area contributed by atoms with Gasteiger partial charge in [0, 0.05) is 5.39 Å². The lowest BCUT2D eigenvalue weighted by atomic mass is 10.1. The van der Waals surface area contributed by atoms with Crippen molar-refractivity contribution in [2.24, 2.45) is 0 Å². The highest BCUT2D eigenvalue weighted by molar-refractivity contribution is 6.02. The molecule has 1 heterocycles. The second-order valence-electron chi connectivity index (χ2n) is 3.94. The Morgan fingerprint density at radius 2 is 1.83 bits per heavy atom. The van der Waals surface area contributed by atoms with Gasteiger partial charge in [-0.2, -0.15) is 5.10 Å². The normalized spacial score (nSPS) is 10.7. The average Bonchev–Trinajstić information content (AvgIpc) is 2.83. The third-order valence-corrected chi connectivity index (χ3v) is 2.84. The summed E-state index contributed by atoms with van der Waals surface area (Å²) in [7, 11) is 0. The van der Waals surface area contributed by atoms with Crippen LogP contribution in [0.3, 0.4) is 0 Å². The number of hydrogen-bond acceptors (Lipinski definition) is 2. The van der Waals surface area contributed by atoms with E-state index in [4.69, 9.17) is 5.11 Å². The molecule has 18 heavy (non-hydrogen) atoms. The van der Waals surface area contributed by atoms with Crippen molar-refractivity contribution >= 4 is 16.9 Å². The van der Waals surface area contributed by atoms with Crippen LogP contribution >= 0.6 is 0 Å². The summed E-state index contributed by atoms with van der Waals surface area (Å²) in [4.78, 5) is 11.1. The summed E-state index contributed by atoms with van der Waals surface area (Å²) in [5.74, 6) is -0.937. The Kier molecular flexibility index (Phi) is 2.34. The molecule has 0 unspecified atom stereocenters. The molecule has 0 spiro atoms. The largest absolute Gasteiger partial charge is 0.478 e. The number of nitrogens with zero attached hydrogens (tertiary/aromatic N) is 2. The van der Waals surface area contributed by atoms with Gasteiger partial charge in [-0.3, -0.25) is 0 Å². The van der Waals surface area contributed by atoms with E-state index in [-0.39, 0.29) is 5.56 Å². The van der Waals surface area contributed by atoms with Gasteiger partial charge in [0.05, 0.1) is 23.0 Å². The van der Waals surface area contributed by atoms with E-state index in [1.807, 2.05) is 36.4 Å². The van der Waals surface area contributed by atoms with E-state index < -0.39 is 5.97 Å². The fraction of sp³-hybridized carbons (Fsp3) is 0. The average molecular weight is 238 g/mol. The first-order valence-corrected chi connectivity index (χ1v) is 5.53. The number of carbonyl (C=O) groups is 1. The smallest absolute Gasteiger partial charge is 0.336 e. The highest BCUT2D eigenvalue weighted by atomic mass is 16.4. The number of fused-ring (bicyclic) bond motifs is 1. The minimum atomic E-state index is -0.937. The molecule has 0 aliphatic carbocycles. The summed E-state index contributed by atoms with van der Waals surface area (Å²) in [6.07, 6.45) is 1.59. The van der Waals surface area contributed by atoms with E-state index in [0.29, 0.717) is 5.39 Å². The van der Waals surface area contributed by atoms with Gasteiger partial charge in [0.1, 0.15) is 0 Å². The van der Waals surface area contributed by atoms with Crippen LogP contribution in [-0.4, -0.2) is 20.9 Å². The topological polar surface area (TPSA) is 55.1 Å². The van der Waals surface area contributed by atoms with Gasteiger partial charge in [-0.05, 0) is 24.3 Å². The number of carboxylic acids is 1. The van der Waals surface area contributed by atoms with Crippen molar-refractivity contribution in [1.82, 2.24) is 9.78 Å². The predicted molar refractivity (Wildman–Crippen MR) is 68.0 cm³/mol. The maximum Gasteiger partial charge on any atom is 0.336 e. The Hall–Kier alpha value is -2.62. The van der Waals surface area contributed by atoms with Gasteiger partial charge in [-0.25, -0.2) is 9.48 Å². The molecular formula is C14H10N2O2. The summed E-state index contributed by atoms with van der Waals surface area (Å²) >= 11 is 0. The van der Waals surface area contributed by atoms with Crippen molar-refractivity contribution in [1.29, 1.82) is 0 Å². The van der Waals surface area contributed by atoms with Crippen LogP contribution in [0.4, 0.5) is 0 Å². The SMILES string of the molecule is O=C(O)c1cccc2c1cnn2-c1ccccc1. The number of hydrogen-bond donors (Lipinski definition) is 1. The van der Waals surface area contributed by atoms with Crippen LogP contribution in [-0.2, 0) is 0 Å². The predicted octanol–water partition coefficient (Wildman–Crippen LogP) is 2.72. The minimum absolute atomic E-state index is 0.273. The molecule has 0 aliphatic rings. The molecule has 0 saturated carbocycles. The molecule has 1 N–H and O–H groups in total. The first-order valence-electron chi connectivity index (χ1n) is 5.53. The van der Waals surface area contributed by atoms with Gasteiger partial charge in [0.15, 0.2) is 0 Å². The van der Waals surface area contributed by atoms with Crippen molar-refractivity contribution in [3.63, 3.8) is 0 Å². The highest BCUT2D eigenvalue weighted by Crippen LogP contribution is 2.21. The Labute approximate surface area is 103 Å². The lowest BCUT2D eigenvalue weighted by Gasteiger charge is -2.03. The van der Waals surface area contributed by atoms with Gasteiger partial charge in [0.25, 0.3) is 0 Å². The van der Waals surface area contributed by atoms with Crippen LogP contribution in [0, 0.1) is 0 Å². The monoisotopic (exact) mass is 238 g/mol. The first-order chi connectivity index (χ1) is 8.77. The lowest BCUT2D eigenvalue weighted by Crippen LogP contribution is -1.98. The van der Waals surface area contributed by atoms with E-state index in [0.717, 1.165) is 11.2 Å². The maximum absolute atomic E-state index is 11.1. The second kappa shape index (κ2) is 4.00. The van der Waals surface area contributed by atoms with Crippen molar-refractivity contribution in [3.05, 3.63) is 60.3 Å². The lowest BCUT2D eigenvalue weighted by molar-refractivity contribution is 0.0699.